The van der Waals surface area contributed by atoms with E-state index in [0.29, 0.717) is 6.54 Å². The summed E-state index contributed by atoms with van der Waals surface area (Å²) >= 11 is 6.31. The van der Waals surface area contributed by atoms with Crippen LogP contribution in [0.25, 0.3) is 0 Å². The maximum Gasteiger partial charge on any atom is 0.0454 e. The van der Waals surface area contributed by atoms with Crippen molar-refractivity contribution in [2.24, 2.45) is 11.7 Å². The van der Waals surface area contributed by atoms with E-state index in [-0.39, 0.29) is 0 Å². The molecule has 1 aliphatic carbocycles. The van der Waals surface area contributed by atoms with Crippen molar-refractivity contribution in [1.82, 2.24) is 4.90 Å². The molecule has 1 aromatic carbocycles. The van der Waals surface area contributed by atoms with E-state index < -0.39 is 0 Å². The summed E-state index contributed by atoms with van der Waals surface area (Å²) in [5.74, 6) is 0.876. The van der Waals surface area contributed by atoms with Crippen LogP contribution in [0.2, 0.25) is 5.02 Å². The van der Waals surface area contributed by atoms with Crippen molar-refractivity contribution in [1.29, 1.82) is 0 Å². The van der Waals surface area contributed by atoms with Crippen molar-refractivity contribution in [2.75, 3.05) is 13.6 Å². The second-order valence-electron chi connectivity index (χ2n) is 5.83. The Morgan fingerprint density at radius 3 is 2.63 bits per heavy atom. The van der Waals surface area contributed by atoms with Crippen LogP contribution in [-0.2, 0) is 13.1 Å². The summed E-state index contributed by atoms with van der Waals surface area (Å²) in [6.45, 7) is 2.67. The van der Waals surface area contributed by atoms with Crippen LogP contribution in [0.4, 0.5) is 0 Å². The van der Waals surface area contributed by atoms with Crippen molar-refractivity contribution in [3.8, 4) is 0 Å². The van der Waals surface area contributed by atoms with Crippen molar-refractivity contribution in [3.05, 3.63) is 34.3 Å². The number of halogens is 1. The molecule has 0 aliphatic heterocycles. The summed E-state index contributed by atoms with van der Waals surface area (Å²) in [4.78, 5) is 2.40. The average Bonchev–Trinajstić information content (AvgIpc) is 2.42. The number of rotatable bonds is 5. The number of nitrogens with two attached hydrogens (primary N) is 1. The van der Waals surface area contributed by atoms with Crippen molar-refractivity contribution < 1.29 is 0 Å². The molecule has 3 heteroatoms. The third-order valence-corrected chi connectivity index (χ3v) is 4.44. The maximum absolute atomic E-state index is 6.31. The molecule has 1 aromatic rings. The molecule has 19 heavy (non-hydrogen) atoms. The van der Waals surface area contributed by atoms with Crippen LogP contribution in [0.5, 0.6) is 0 Å². The Labute approximate surface area is 121 Å². The van der Waals surface area contributed by atoms with Gasteiger partial charge in [-0.05, 0) is 43.0 Å². The smallest absolute Gasteiger partial charge is 0.0454 e. The number of benzene rings is 1. The van der Waals surface area contributed by atoms with Gasteiger partial charge in [-0.15, -0.1) is 0 Å². The molecule has 0 radical (unpaired) electrons. The van der Waals surface area contributed by atoms with Crippen molar-refractivity contribution >= 4 is 11.6 Å². The zero-order valence-electron chi connectivity index (χ0n) is 11.9. The molecule has 0 unspecified atom stereocenters. The van der Waals surface area contributed by atoms with Crippen LogP contribution in [-0.4, -0.2) is 18.5 Å². The summed E-state index contributed by atoms with van der Waals surface area (Å²) < 4.78 is 0. The van der Waals surface area contributed by atoms with E-state index >= 15 is 0 Å². The highest BCUT2D eigenvalue weighted by atomic mass is 35.5. The lowest BCUT2D eigenvalue weighted by molar-refractivity contribution is 0.228. The monoisotopic (exact) mass is 280 g/mol. The molecule has 0 aromatic heterocycles. The van der Waals surface area contributed by atoms with Crippen molar-refractivity contribution in [2.45, 2.75) is 45.2 Å². The van der Waals surface area contributed by atoms with E-state index in [9.17, 15) is 0 Å². The van der Waals surface area contributed by atoms with Gasteiger partial charge in [0.2, 0.25) is 0 Å². The Balaban J connectivity index is 1.88. The first-order chi connectivity index (χ1) is 9.19. The fourth-order valence-electron chi connectivity index (χ4n) is 3.01. The third-order valence-electron chi connectivity index (χ3n) is 4.09. The summed E-state index contributed by atoms with van der Waals surface area (Å²) in [7, 11) is 2.20. The van der Waals surface area contributed by atoms with Gasteiger partial charge in [0.15, 0.2) is 0 Å². The first-order valence-electron chi connectivity index (χ1n) is 7.35. The van der Waals surface area contributed by atoms with Gasteiger partial charge in [0, 0.05) is 24.7 Å². The normalized spacial score (nSPS) is 17.1. The van der Waals surface area contributed by atoms with Gasteiger partial charge < -0.3 is 10.6 Å². The molecule has 0 saturated heterocycles. The Morgan fingerprint density at radius 1 is 1.26 bits per heavy atom. The average molecular weight is 281 g/mol. The van der Waals surface area contributed by atoms with Crippen LogP contribution in [0.15, 0.2) is 18.2 Å². The topological polar surface area (TPSA) is 29.3 Å². The Kier molecular flexibility index (Phi) is 5.68. The van der Waals surface area contributed by atoms with Gasteiger partial charge in [-0.25, -0.2) is 0 Å². The highest BCUT2D eigenvalue weighted by Gasteiger charge is 2.15. The van der Waals surface area contributed by atoms with Crippen LogP contribution in [0, 0.1) is 5.92 Å². The third kappa shape index (κ3) is 4.48. The number of hydrogen-bond acceptors (Lipinski definition) is 2. The van der Waals surface area contributed by atoms with Crippen LogP contribution < -0.4 is 5.73 Å². The predicted molar refractivity (Wildman–Crippen MR) is 82.3 cm³/mol. The van der Waals surface area contributed by atoms with Gasteiger partial charge in [0.1, 0.15) is 0 Å². The fourth-order valence-corrected chi connectivity index (χ4v) is 3.27. The standard InChI is InChI=1S/C16H25ClN2/c1-19(11-13-5-3-2-4-6-13)12-15-8-7-14(10-18)9-16(15)17/h7-9,13H,2-6,10-12,18H2,1H3. The number of hydrogen-bond donors (Lipinski definition) is 1. The predicted octanol–water partition coefficient (Wildman–Crippen LogP) is 3.81. The quantitative estimate of drug-likeness (QED) is 0.889. The zero-order chi connectivity index (χ0) is 13.7. The Morgan fingerprint density at radius 2 is 2.00 bits per heavy atom. The highest BCUT2D eigenvalue weighted by molar-refractivity contribution is 6.31. The lowest BCUT2D eigenvalue weighted by atomic mass is 9.89. The van der Waals surface area contributed by atoms with E-state index in [0.717, 1.165) is 23.0 Å². The molecule has 0 amide bonds. The van der Waals surface area contributed by atoms with Gasteiger partial charge in [-0.2, -0.15) is 0 Å². The van der Waals surface area contributed by atoms with Gasteiger partial charge in [0.25, 0.3) is 0 Å². The van der Waals surface area contributed by atoms with Gasteiger partial charge in [-0.3, -0.25) is 0 Å². The summed E-state index contributed by atoms with van der Waals surface area (Å²) in [6.07, 6.45) is 7.02. The first kappa shape index (κ1) is 14.8. The SMILES string of the molecule is CN(Cc1ccc(CN)cc1Cl)CC1CCCCC1. The van der Waals surface area contributed by atoms with Gasteiger partial charge >= 0.3 is 0 Å². The maximum atomic E-state index is 6.31. The molecule has 0 spiro atoms. The second-order valence-corrected chi connectivity index (χ2v) is 6.24. The molecule has 1 saturated carbocycles. The second kappa shape index (κ2) is 7.28. The van der Waals surface area contributed by atoms with Gasteiger partial charge in [0.05, 0.1) is 0 Å². The van der Waals surface area contributed by atoms with E-state index in [1.165, 1.54) is 44.2 Å². The number of nitrogens with zero attached hydrogens (tertiary/aromatic N) is 1. The zero-order valence-corrected chi connectivity index (χ0v) is 12.6. The minimum Gasteiger partial charge on any atom is -0.326 e. The first-order valence-corrected chi connectivity index (χ1v) is 7.72. The van der Waals surface area contributed by atoms with E-state index in [2.05, 4.69) is 24.1 Å². The van der Waals surface area contributed by atoms with Crippen LogP contribution in [0.3, 0.4) is 0 Å². The van der Waals surface area contributed by atoms with Crippen LogP contribution >= 0.6 is 11.6 Å². The molecular formula is C16H25ClN2. The summed E-state index contributed by atoms with van der Waals surface area (Å²) in [6, 6.07) is 6.18. The summed E-state index contributed by atoms with van der Waals surface area (Å²) in [5.41, 5.74) is 7.93. The summed E-state index contributed by atoms with van der Waals surface area (Å²) in [5, 5.41) is 0.846. The van der Waals surface area contributed by atoms with Gasteiger partial charge in [-0.1, -0.05) is 43.0 Å². The molecular weight excluding hydrogens is 256 g/mol. The fraction of sp³-hybridized carbons (Fsp3) is 0.625. The highest BCUT2D eigenvalue weighted by Crippen LogP contribution is 2.25. The lowest BCUT2D eigenvalue weighted by Crippen LogP contribution is -2.26. The molecule has 2 rings (SSSR count). The molecule has 0 heterocycles. The largest absolute Gasteiger partial charge is 0.326 e. The van der Waals surface area contributed by atoms with Crippen molar-refractivity contribution in [3.63, 3.8) is 0 Å². The minimum absolute atomic E-state index is 0.553. The van der Waals surface area contributed by atoms with E-state index in [1.807, 2.05) is 6.07 Å². The molecule has 2 nitrogen and oxygen atoms in total. The Hall–Kier alpha value is -0.570. The molecule has 0 atom stereocenters. The minimum atomic E-state index is 0.553. The molecule has 1 fully saturated rings. The molecule has 106 valence electrons. The molecule has 0 bridgehead atoms. The molecule has 2 N–H and O–H groups in total. The lowest BCUT2D eigenvalue weighted by Gasteiger charge is -2.27. The molecule has 1 aliphatic rings. The van der Waals surface area contributed by atoms with Crippen LogP contribution in [0.1, 0.15) is 43.2 Å². The van der Waals surface area contributed by atoms with E-state index in [4.69, 9.17) is 17.3 Å². The Bertz CT molecular complexity index is 400. The van der Waals surface area contributed by atoms with E-state index in [1.54, 1.807) is 0 Å².